The van der Waals surface area contributed by atoms with Gasteiger partial charge in [0.2, 0.25) is 12.2 Å². The van der Waals surface area contributed by atoms with E-state index in [0.717, 1.165) is 5.56 Å². The maximum Gasteiger partial charge on any atom is 0.214 e. The summed E-state index contributed by atoms with van der Waals surface area (Å²) in [7, 11) is 0. The maximum atomic E-state index is 4.57. The molecule has 12 heavy (non-hydrogen) atoms. The fourth-order valence-electron chi connectivity index (χ4n) is 0.726. The van der Waals surface area contributed by atoms with Crippen molar-refractivity contribution in [2.75, 3.05) is 0 Å². The zero-order valence-corrected chi connectivity index (χ0v) is 7.39. The molecule has 2 rings (SSSR count). The molecule has 0 aliphatic carbocycles. The first-order valence-electron chi connectivity index (χ1n) is 3.10. The molecular formula is C6H3BrN4O. The average Bonchev–Trinajstić information content (AvgIpc) is 2.58. The van der Waals surface area contributed by atoms with E-state index >= 15 is 0 Å². The van der Waals surface area contributed by atoms with Crippen molar-refractivity contribution < 1.29 is 4.52 Å². The predicted molar refractivity (Wildman–Crippen MR) is 43.0 cm³/mol. The van der Waals surface area contributed by atoms with Gasteiger partial charge in [0.1, 0.15) is 0 Å². The Balaban J connectivity index is 2.43. The second-order valence-corrected chi connectivity index (χ2v) is 2.70. The van der Waals surface area contributed by atoms with Gasteiger partial charge in [0.05, 0.1) is 5.56 Å². The van der Waals surface area contributed by atoms with Gasteiger partial charge in [0.15, 0.2) is 4.73 Å². The highest BCUT2D eigenvalue weighted by Crippen LogP contribution is 2.12. The molecule has 0 saturated heterocycles. The van der Waals surface area contributed by atoms with Crippen molar-refractivity contribution in [1.29, 1.82) is 0 Å². The van der Waals surface area contributed by atoms with Gasteiger partial charge >= 0.3 is 0 Å². The first kappa shape index (κ1) is 7.35. The minimum Gasteiger partial charge on any atom is -0.342 e. The Morgan fingerprint density at radius 1 is 1.17 bits per heavy atom. The standard InChI is InChI=1S/C6H3BrN4O/c7-6-8-1-4(2-9-6)5-10-3-12-11-5/h1-3H. The van der Waals surface area contributed by atoms with Crippen LogP contribution in [0.1, 0.15) is 0 Å². The SMILES string of the molecule is Brc1ncc(-c2ncon2)cn1. The second kappa shape index (κ2) is 2.98. The van der Waals surface area contributed by atoms with Crippen LogP contribution in [0.25, 0.3) is 11.4 Å². The number of hydrogen-bond acceptors (Lipinski definition) is 5. The van der Waals surface area contributed by atoms with E-state index in [1.165, 1.54) is 6.39 Å². The van der Waals surface area contributed by atoms with Crippen LogP contribution in [0, 0.1) is 0 Å². The summed E-state index contributed by atoms with van der Waals surface area (Å²) in [6.45, 7) is 0. The van der Waals surface area contributed by atoms with Crippen molar-refractivity contribution in [3.05, 3.63) is 23.5 Å². The van der Waals surface area contributed by atoms with Gasteiger partial charge in [-0.15, -0.1) is 0 Å². The Morgan fingerprint density at radius 3 is 2.50 bits per heavy atom. The number of aromatic nitrogens is 4. The summed E-state index contributed by atoms with van der Waals surface area (Å²) in [4.78, 5) is 11.7. The van der Waals surface area contributed by atoms with Gasteiger partial charge in [0, 0.05) is 12.4 Å². The van der Waals surface area contributed by atoms with Crippen LogP contribution in [0.15, 0.2) is 28.0 Å². The van der Waals surface area contributed by atoms with Gasteiger partial charge in [-0.2, -0.15) is 4.98 Å². The molecule has 0 aliphatic rings. The molecule has 0 fully saturated rings. The Kier molecular flexibility index (Phi) is 1.83. The predicted octanol–water partition coefficient (Wildman–Crippen LogP) is 1.29. The molecule has 0 atom stereocenters. The van der Waals surface area contributed by atoms with Crippen molar-refractivity contribution in [3.8, 4) is 11.4 Å². The summed E-state index contributed by atoms with van der Waals surface area (Å²) in [5.41, 5.74) is 0.729. The molecule has 0 amide bonds. The van der Waals surface area contributed by atoms with Crippen molar-refractivity contribution in [3.63, 3.8) is 0 Å². The van der Waals surface area contributed by atoms with Crippen LogP contribution < -0.4 is 0 Å². The first-order chi connectivity index (χ1) is 5.86. The van der Waals surface area contributed by atoms with E-state index in [9.17, 15) is 0 Å². The van der Waals surface area contributed by atoms with E-state index in [2.05, 4.69) is 40.6 Å². The molecule has 2 heterocycles. The molecule has 6 heteroatoms. The summed E-state index contributed by atoms with van der Waals surface area (Å²) >= 11 is 3.12. The van der Waals surface area contributed by atoms with Crippen LogP contribution in [-0.4, -0.2) is 20.1 Å². The molecule has 0 radical (unpaired) electrons. The fraction of sp³-hybridized carbons (Fsp3) is 0. The minimum absolute atomic E-state index is 0.488. The third-order valence-corrected chi connectivity index (χ3v) is 1.65. The molecule has 2 aromatic heterocycles. The summed E-state index contributed by atoms with van der Waals surface area (Å²) in [6.07, 6.45) is 4.49. The van der Waals surface area contributed by atoms with Crippen LogP contribution in [0.2, 0.25) is 0 Å². The lowest BCUT2D eigenvalue weighted by Gasteiger charge is -1.91. The average molecular weight is 227 g/mol. The van der Waals surface area contributed by atoms with Crippen molar-refractivity contribution in [2.24, 2.45) is 0 Å². The smallest absolute Gasteiger partial charge is 0.214 e. The molecule has 0 spiro atoms. The summed E-state index contributed by atoms with van der Waals surface area (Å²) in [5.74, 6) is 0.488. The molecule has 0 N–H and O–H groups in total. The maximum absolute atomic E-state index is 4.57. The van der Waals surface area contributed by atoms with E-state index in [-0.39, 0.29) is 0 Å². The Morgan fingerprint density at radius 2 is 1.92 bits per heavy atom. The lowest BCUT2D eigenvalue weighted by Crippen LogP contribution is -1.85. The van der Waals surface area contributed by atoms with E-state index in [1.807, 2.05) is 0 Å². The van der Waals surface area contributed by atoms with Crippen molar-refractivity contribution >= 4 is 15.9 Å². The van der Waals surface area contributed by atoms with Crippen LogP contribution in [0.5, 0.6) is 0 Å². The molecule has 2 aromatic rings. The van der Waals surface area contributed by atoms with E-state index < -0.39 is 0 Å². The van der Waals surface area contributed by atoms with Gasteiger partial charge in [0.25, 0.3) is 0 Å². The highest BCUT2D eigenvalue weighted by molar-refractivity contribution is 9.10. The summed E-state index contributed by atoms with van der Waals surface area (Å²) in [6, 6.07) is 0. The highest BCUT2D eigenvalue weighted by Gasteiger charge is 2.02. The quantitative estimate of drug-likeness (QED) is 0.686. The zero-order chi connectivity index (χ0) is 8.39. The Bertz CT molecular complexity index is 358. The molecule has 5 nitrogen and oxygen atoms in total. The van der Waals surface area contributed by atoms with Crippen LogP contribution in [-0.2, 0) is 0 Å². The van der Waals surface area contributed by atoms with Crippen molar-refractivity contribution in [2.45, 2.75) is 0 Å². The van der Waals surface area contributed by atoms with Gasteiger partial charge in [-0.25, -0.2) is 9.97 Å². The molecule has 0 saturated carbocycles. The van der Waals surface area contributed by atoms with E-state index in [1.54, 1.807) is 12.4 Å². The van der Waals surface area contributed by atoms with Gasteiger partial charge in [-0.3, -0.25) is 0 Å². The van der Waals surface area contributed by atoms with Crippen LogP contribution in [0.3, 0.4) is 0 Å². The summed E-state index contributed by atoms with van der Waals surface area (Å²) in [5, 5.41) is 3.63. The van der Waals surface area contributed by atoms with E-state index in [4.69, 9.17) is 0 Å². The number of hydrogen-bond donors (Lipinski definition) is 0. The highest BCUT2D eigenvalue weighted by atomic mass is 79.9. The third-order valence-electron chi connectivity index (χ3n) is 1.24. The van der Waals surface area contributed by atoms with Crippen LogP contribution in [0.4, 0.5) is 0 Å². The Labute approximate surface area is 76.0 Å². The zero-order valence-electron chi connectivity index (χ0n) is 5.81. The second-order valence-electron chi connectivity index (χ2n) is 2.00. The van der Waals surface area contributed by atoms with Crippen LogP contribution >= 0.6 is 15.9 Å². The Hall–Kier alpha value is -1.30. The normalized spacial score (nSPS) is 10.1. The number of rotatable bonds is 1. The first-order valence-corrected chi connectivity index (χ1v) is 3.90. The molecule has 60 valence electrons. The molecule has 0 aliphatic heterocycles. The monoisotopic (exact) mass is 226 g/mol. The van der Waals surface area contributed by atoms with Crippen molar-refractivity contribution in [1.82, 2.24) is 20.1 Å². The van der Waals surface area contributed by atoms with Gasteiger partial charge < -0.3 is 4.52 Å². The van der Waals surface area contributed by atoms with Gasteiger partial charge in [-0.05, 0) is 15.9 Å². The lowest BCUT2D eigenvalue weighted by molar-refractivity contribution is 0.418. The number of nitrogens with zero attached hydrogens (tertiary/aromatic N) is 4. The fourth-order valence-corrected chi connectivity index (χ4v) is 0.930. The molecule has 0 unspecified atom stereocenters. The molecular weight excluding hydrogens is 224 g/mol. The van der Waals surface area contributed by atoms with Gasteiger partial charge in [-0.1, -0.05) is 5.16 Å². The van der Waals surface area contributed by atoms with E-state index in [0.29, 0.717) is 10.6 Å². The minimum atomic E-state index is 0.488. The topological polar surface area (TPSA) is 64.7 Å². The molecule has 0 bridgehead atoms. The molecule has 0 aromatic carbocycles. The summed E-state index contributed by atoms with van der Waals surface area (Å²) < 4.78 is 5.11. The lowest BCUT2D eigenvalue weighted by atomic mass is 10.3. The largest absolute Gasteiger partial charge is 0.342 e. The number of halogens is 1. The third kappa shape index (κ3) is 1.33.